The van der Waals surface area contributed by atoms with Crippen LogP contribution in [0, 0.1) is 10.8 Å². The van der Waals surface area contributed by atoms with Gasteiger partial charge < -0.3 is 0 Å². The van der Waals surface area contributed by atoms with Crippen LogP contribution in [0.15, 0.2) is 255 Å². The molecular formula is C54H42FeN2P3Si-. The Morgan fingerprint density at radius 1 is 0.230 bits per heavy atom. The fraction of sp³-hybridized carbons (Fsp3) is 0. The second-order valence-corrected chi connectivity index (χ2v) is 22.9. The van der Waals surface area contributed by atoms with Crippen LogP contribution in [0.2, 0.25) is 0 Å². The van der Waals surface area contributed by atoms with Gasteiger partial charge in [-0.3, -0.25) is 0 Å². The molecule has 296 valence electrons. The maximum atomic E-state index is 6.00. The standard InChI is InChI=1S/C54H42P3Si.Fe.N2/c1-7-25-43(26-8-1)55(44-27-9-2-10-28-44)49-37-19-22-40-52(49)58(53-41-23-20-38-50(53)56(45-29-11-3-12-30-45)46-31-13-4-14-32-46)54-42-24-21-39-51(54)57(47-33-15-5-16-34-47)48-35-17-6-18-36-48;;1-2/h1-42H;;/q-1;;. The zero-order chi connectivity index (χ0) is 40.9. The molecular weight excluding hydrogens is 853 g/mol. The first kappa shape index (κ1) is 43.5. The Balaban J connectivity index is 0.00000184. The second-order valence-electron chi connectivity index (χ2n) is 13.9. The van der Waals surface area contributed by atoms with Crippen LogP contribution in [0.5, 0.6) is 0 Å². The van der Waals surface area contributed by atoms with Gasteiger partial charge in [0.05, 0.1) is 0 Å². The van der Waals surface area contributed by atoms with Crippen molar-refractivity contribution < 1.29 is 17.1 Å². The monoisotopic (exact) mass is 895 g/mol. The van der Waals surface area contributed by atoms with Gasteiger partial charge >= 0.3 is 0 Å². The molecule has 0 saturated heterocycles. The van der Waals surface area contributed by atoms with E-state index in [-0.39, 0.29) is 17.1 Å². The van der Waals surface area contributed by atoms with E-state index in [0.717, 1.165) is 0 Å². The summed E-state index contributed by atoms with van der Waals surface area (Å²) in [6.07, 6.45) is 0. The minimum atomic E-state index is -1.69. The molecule has 0 aliphatic carbocycles. The first-order chi connectivity index (χ1) is 29.8. The van der Waals surface area contributed by atoms with E-state index in [1.54, 1.807) is 0 Å². The Kier molecular flexibility index (Phi) is 15.5. The van der Waals surface area contributed by atoms with Crippen molar-refractivity contribution in [3.63, 3.8) is 0 Å². The average molecular weight is 896 g/mol. The maximum Gasteiger partial charge on any atom is 0 e. The van der Waals surface area contributed by atoms with Gasteiger partial charge in [0.25, 0.3) is 0 Å². The van der Waals surface area contributed by atoms with E-state index in [1.807, 2.05) is 0 Å². The third kappa shape index (κ3) is 9.82. The van der Waals surface area contributed by atoms with Gasteiger partial charge in [0.1, 0.15) is 0 Å². The topological polar surface area (TPSA) is 47.6 Å². The van der Waals surface area contributed by atoms with Gasteiger partial charge in [-0.2, -0.15) is 15.6 Å². The third-order valence-corrected chi connectivity index (χ3v) is 21.4. The molecule has 0 aromatic heterocycles. The van der Waals surface area contributed by atoms with Crippen LogP contribution >= 0.6 is 23.8 Å². The van der Waals surface area contributed by atoms with E-state index < -0.39 is 32.6 Å². The molecule has 0 atom stereocenters. The van der Waals surface area contributed by atoms with Crippen LogP contribution in [-0.2, 0) is 17.1 Å². The van der Waals surface area contributed by atoms with Gasteiger partial charge in [-0.25, -0.2) is 8.80 Å². The maximum absolute atomic E-state index is 6.00. The van der Waals surface area contributed by atoms with Crippen molar-refractivity contribution in [2.45, 2.75) is 0 Å². The molecule has 2 nitrogen and oxygen atoms in total. The van der Waals surface area contributed by atoms with Crippen LogP contribution in [0.25, 0.3) is 0 Å². The molecule has 61 heavy (non-hydrogen) atoms. The minimum Gasteiger partial charge on any atom is -0.216 e. The molecule has 0 unspecified atom stereocenters. The fourth-order valence-corrected chi connectivity index (χ4v) is 19.5. The van der Waals surface area contributed by atoms with Crippen molar-refractivity contribution in [3.05, 3.63) is 255 Å². The Hall–Kier alpha value is -5.57. The SMILES string of the molecule is N#N.[Fe].c1ccc(P(c2ccccc2)c2ccccc2[Si-](c2ccccc2P(c2ccccc2)c2ccccc2)c2ccccc2P(c2ccccc2)c2ccccc2)cc1. The summed E-state index contributed by atoms with van der Waals surface area (Å²) in [7, 11) is -4.30. The molecule has 0 aliphatic heterocycles. The summed E-state index contributed by atoms with van der Waals surface area (Å²) in [6, 6.07) is 95.6. The van der Waals surface area contributed by atoms with Crippen molar-refractivity contribution in [1.29, 1.82) is 10.8 Å². The predicted molar refractivity (Wildman–Crippen MR) is 264 cm³/mol. The van der Waals surface area contributed by atoms with Crippen LogP contribution in [0.3, 0.4) is 0 Å². The van der Waals surface area contributed by atoms with E-state index in [2.05, 4.69) is 255 Å². The zero-order valence-corrected chi connectivity index (χ0v) is 38.1. The molecule has 0 N–H and O–H groups in total. The Morgan fingerprint density at radius 3 is 0.590 bits per heavy atom. The molecule has 9 aromatic rings. The molecule has 0 aliphatic rings. The van der Waals surface area contributed by atoms with Gasteiger partial charge in [-0.15, -0.1) is 0 Å². The number of rotatable bonds is 12. The van der Waals surface area contributed by atoms with Crippen molar-refractivity contribution in [2.75, 3.05) is 0 Å². The van der Waals surface area contributed by atoms with Crippen molar-refractivity contribution in [3.8, 4) is 0 Å². The summed E-state index contributed by atoms with van der Waals surface area (Å²) in [5, 5.41) is 28.9. The smallest absolute Gasteiger partial charge is 0 e. The number of nitrogens with zero attached hydrogens (tertiary/aromatic N) is 2. The third-order valence-electron chi connectivity index (χ3n) is 10.3. The molecule has 7 heteroatoms. The minimum absolute atomic E-state index is 0. The quantitative estimate of drug-likeness (QED) is 0.0553. The molecule has 0 amide bonds. The summed E-state index contributed by atoms with van der Waals surface area (Å²) in [6.45, 7) is 0. The summed E-state index contributed by atoms with van der Waals surface area (Å²) >= 11 is 0. The Morgan fingerprint density at radius 2 is 0.393 bits per heavy atom. The molecule has 9 aromatic carbocycles. The van der Waals surface area contributed by atoms with E-state index in [4.69, 9.17) is 10.8 Å². The van der Waals surface area contributed by atoms with Gasteiger partial charge in [-0.05, 0) is 71.5 Å². The normalized spacial score (nSPS) is 10.7. The van der Waals surface area contributed by atoms with Gasteiger partial charge in [0, 0.05) is 27.9 Å². The number of hydrogen-bond donors (Lipinski definition) is 0. The molecule has 0 radical (unpaired) electrons. The van der Waals surface area contributed by atoms with E-state index >= 15 is 0 Å². The molecule has 0 fully saturated rings. The van der Waals surface area contributed by atoms with Crippen LogP contribution in [0.1, 0.15) is 0 Å². The molecule has 0 spiro atoms. The van der Waals surface area contributed by atoms with Crippen LogP contribution in [-0.4, -0.2) is 8.80 Å². The van der Waals surface area contributed by atoms with E-state index in [0.29, 0.717) is 0 Å². The first-order valence-corrected chi connectivity index (χ1v) is 25.4. The molecule has 0 heterocycles. The van der Waals surface area contributed by atoms with E-state index in [1.165, 1.54) is 63.3 Å². The summed E-state index contributed by atoms with van der Waals surface area (Å²) in [5.74, 6) is 0. The molecule has 0 saturated carbocycles. The van der Waals surface area contributed by atoms with Crippen LogP contribution < -0.4 is 63.3 Å². The van der Waals surface area contributed by atoms with E-state index in [9.17, 15) is 0 Å². The van der Waals surface area contributed by atoms with Crippen LogP contribution in [0.4, 0.5) is 0 Å². The number of benzene rings is 9. The summed E-state index contributed by atoms with van der Waals surface area (Å²) < 4.78 is 0. The Bertz CT molecular complexity index is 2330. The predicted octanol–water partition coefficient (Wildman–Crippen LogP) is 7.51. The van der Waals surface area contributed by atoms with Crippen molar-refractivity contribution in [2.24, 2.45) is 0 Å². The van der Waals surface area contributed by atoms with Gasteiger partial charge in [0.2, 0.25) is 0 Å². The summed E-state index contributed by atoms with van der Waals surface area (Å²) in [4.78, 5) is 0. The Labute approximate surface area is 376 Å². The second kappa shape index (κ2) is 21.8. The summed E-state index contributed by atoms with van der Waals surface area (Å²) in [5.41, 5.74) is 0. The fourth-order valence-electron chi connectivity index (χ4n) is 7.82. The van der Waals surface area contributed by atoms with Gasteiger partial charge in [-0.1, -0.05) is 255 Å². The van der Waals surface area contributed by atoms with Gasteiger partial charge in [0.15, 0.2) is 0 Å². The largest absolute Gasteiger partial charge is 0.216 e. The zero-order valence-electron chi connectivity index (χ0n) is 33.3. The van der Waals surface area contributed by atoms with Crippen molar-refractivity contribution >= 4 is 95.9 Å². The molecule has 0 bridgehead atoms. The average Bonchev–Trinajstić information content (AvgIpc) is 3.34. The molecule has 9 rings (SSSR count). The first-order valence-electron chi connectivity index (χ1n) is 19.9. The van der Waals surface area contributed by atoms with Crippen molar-refractivity contribution in [1.82, 2.24) is 0 Å². The number of hydrogen-bond acceptors (Lipinski definition) is 2.